The minimum atomic E-state index is -2.74. The van der Waals surface area contributed by atoms with Gasteiger partial charge in [0, 0.05) is 18.3 Å². The van der Waals surface area contributed by atoms with E-state index in [4.69, 9.17) is 4.74 Å². The number of alkyl halides is 2. The molecule has 1 saturated heterocycles. The molecule has 1 fully saturated rings. The van der Waals surface area contributed by atoms with Crippen molar-refractivity contribution in [2.24, 2.45) is 0 Å². The van der Waals surface area contributed by atoms with Crippen molar-refractivity contribution in [2.45, 2.75) is 39.0 Å². The Kier molecular flexibility index (Phi) is 5.30. The Balaban J connectivity index is 1.59. The largest absolute Gasteiger partial charge is 0.482 e. The van der Waals surface area contributed by atoms with Gasteiger partial charge in [-0.3, -0.25) is 9.55 Å². The summed E-state index contributed by atoms with van der Waals surface area (Å²) in [6, 6.07) is 9.24. The normalized spacial score (nSPS) is 17.3. The minimum absolute atomic E-state index is 0.233. The van der Waals surface area contributed by atoms with Gasteiger partial charge in [-0.15, -0.1) is 5.10 Å². The second-order valence-electron chi connectivity index (χ2n) is 7.90. The molecular formula is C22H23F2N7O. The molecule has 8 nitrogen and oxygen atoms in total. The lowest BCUT2D eigenvalue weighted by Crippen LogP contribution is -2.15. The summed E-state index contributed by atoms with van der Waals surface area (Å²) in [5.41, 5.74) is 3.65. The third-order valence-electron chi connectivity index (χ3n) is 5.83. The summed E-state index contributed by atoms with van der Waals surface area (Å²) in [6.45, 7) is 2.85. The highest BCUT2D eigenvalue weighted by Gasteiger charge is 2.24. The first kappa shape index (κ1) is 20.5. The summed E-state index contributed by atoms with van der Waals surface area (Å²) in [5, 5.41) is 12.1. The van der Waals surface area contributed by atoms with Crippen molar-refractivity contribution in [1.82, 2.24) is 34.8 Å². The number of fused-ring (bicyclic) bond motifs is 1. The maximum Gasteiger partial charge on any atom is 0.320 e. The summed E-state index contributed by atoms with van der Waals surface area (Å²) in [7, 11) is 0. The lowest BCUT2D eigenvalue weighted by molar-refractivity contribution is 0.0737. The Bertz CT molecular complexity index is 1230. The predicted molar refractivity (Wildman–Crippen MR) is 115 cm³/mol. The number of benzene rings is 1. The van der Waals surface area contributed by atoms with Crippen LogP contribution in [-0.4, -0.2) is 42.6 Å². The lowest BCUT2D eigenvalue weighted by atomic mass is 10.1. The van der Waals surface area contributed by atoms with Gasteiger partial charge >= 0.3 is 6.55 Å². The Morgan fingerprint density at radius 1 is 1.22 bits per heavy atom. The van der Waals surface area contributed by atoms with Gasteiger partial charge in [0.1, 0.15) is 29.4 Å². The van der Waals surface area contributed by atoms with Crippen LogP contribution < -0.4 is 10.1 Å². The summed E-state index contributed by atoms with van der Waals surface area (Å²) in [5.74, 6) is 0.296. The predicted octanol–water partition coefficient (Wildman–Crippen LogP) is 4.07. The molecule has 3 aromatic heterocycles. The van der Waals surface area contributed by atoms with Crippen LogP contribution in [0.15, 0.2) is 42.9 Å². The van der Waals surface area contributed by atoms with Crippen molar-refractivity contribution in [2.75, 3.05) is 13.1 Å². The SMILES string of the molecule is Cc1c(-c2cc(O[C@H](C)c3ccccn3)c3c(c2)ncn3C(F)F)nnn1C1CCNC1. The first-order valence-electron chi connectivity index (χ1n) is 10.5. The topological polar surface area (TPSA) is 82.7 Å². The van der Waals surface area contributed by atoms with Crippen molar-refractivity contribution < 1.29 is 13.5 Å². The van der Waals surface area contributed by atoms with Gasteiger partial charge in [-0.05, 0) is 51.1 Å². The van der Waals surface area contributed by atoms with E-state index >= 15 is 0 Å². The van der Waals surface area contributed by atoms with E-state index in [2.05, 4.69) is 25.6 Å². The molecule has 1 unspecified atom stereocenters. The van der Waals surface area contributed by atoms with Crippen LogP contribution in [0.1, 0.15) is 43.4 Å². The Labute approximate surface area is 183 Å². The van der Waals surface area contributed by atoms with E-state index in [1.807, 2.05) is 36.7 Å². The molecule has 1 aliphatic heterocycles. The molecule has 1 aliphatic rings. The molecule has 0 bridgehead atoms. The zero-order valence-electron chi connectivity index (χ0n) is 17.7. The van der Waals surface area contributed by atoms with Crippen molar-refractivity contribution in [3.05, 3.63) is 54.2 Å². The molecule has 1 N–H and O–H groups in total. The monoisotopic (exact) mass is 439 g/mol. The van der Waals surface area contributed by atoms with Gasteiger partial charge in [-0.25, -0.2) is 9.67 Å². The van der Waals surface area contributed by atoms with E-state index in [1.54, 1.807) is 18.3 Å². The van der Waals surface area contributed by atoms with Crippen molar-refractivity contribution in [1.29, 1.82) is 0 Å². The Morgan fingerprint density at radius 3 is 2.81 bits per heavy atom. The van der Waals surface area contributed by atoms with Gasteiger partial charge in [0.25, 0.3) is 0 Å². The zero-order chi connectivity index (χ0) is 22.2. The summed E-state index contributed by atoms with van der Waals surface area (Å²) >= 11 is 0. The molecule has 32 heavy (non-hydrogen) atoms. The van der Waals surface area contributed by atoms with E-state index in [1.165, 1.54) is 0 Å². The van der Waals surface area contributed by atoms with Crippen LogP contribution in [0, 0.1) is 6.92 Å². The number of aromatic nitrogens is 6. The average Bonchev–Trinajstić information content (AvgIpc) is 3.53. The third kappa shape index (κ3) is 3.60. The van der Waals surface area contributed by atoms with Gasteiger partial charge in [-0.2, -0.15) is 8.78 Å². The van der Waals surface area contributed by atoms with Crippen molar-refractivity contribution in [3.8, 4) is 17.0 Å². The maximum absolute atomic E-state index is 13.7. The fourth-order valence-electron chi connectivity index (χ4n) is 4.18. The first-order chi connectivity index (χ1) is 15.5. The number of ether oxygens (including phenoxy) is 1. The number of rotatable bonds is 6. The van der Waals surface area contributed by atoms with Crippen LogP contribution in [0.4, 0.5) is 8.78 Å². The molecule has 0 amide bonds. The van der Waals surface area contributed by atoms with Crippen LogP contribution >= 0.6 is 0 Å². The van der Waals surface area contributed by atoms with E-state index in [9.17, 15) is 8.78 Å². The summed E-state index contributed by atoms with van der Waals surface area (Å²) in [6.07, 6.45) is 3.34. The molecule has 5 rings (SSSR count). The number of hydrogen-bond donors (Lipinski definition) is 1. The van der Waals surface area contributed by atoms with Crippen LogP contribution in [0.2, 0.25) is 0 Å². The van der Waals surface area contributed by atoms with E-state index in [0.29, 0.717) is 22.7 Å². The third-order valence-corrected chi connectivity index (χ3v) is 5.83. The van der Waals surface area contributed by atoms with Crippen LogP contribution in [-0.2, 0) is 0 Å². The smallest absolute Gasteiger partial charge is 0.320 e. The fraction of sp³-hybridized carbons (Fsp3) is 0.364. The second-order valence-corrected chi connectivity index (χ2v) is 7.90. The Hall–Kier alpha value is -3.40. The quantitative estimate of drug-likeness (QED) is 0.488. The molecule has 166 valence electrons. The molecule has 1 aromatic carbocycles. The Morgan fingerprint density at radius 2 is 2.09 bits per heavy atom. The zero-order valence-corrected chi connectivity index (χ0v) is 17.7. The first-order valence-corrected chi connectivity index (χ1v) is 10.5. The van der Waals surface area contributed by atoms with Gasteiger partial charge in [0.15, 0.2) is 0 Å². The van der Waals surface area contributed by atoms with E-state index < -0.39 is 12.7 Å². The number of nitrogens with zero attached hydrogens (tertiary/aromatic N) is 6. The molecular weight excluding hydrogens is 416 g/mol. The van der Waals surface area contributed by atoms with Crippen LogP contribution in [0.25, 0.3) is 22.3 Å². The van der Waals surface area contributed by atoms with Crippen molar-refractivity contribution in [3.63, 3.8) is 0 Å². The number of halogens is 2. The number of pyridine rings is 1. The molecule has 2 atom stereocenters. The van der Waals surface area contributed by atoms with E-state index in [-0.39, 0.29) is 11.6 Å². The van der Waals surface area contributed by atoms with Gasteiger partial charge in [0.05, 0.1) is 22.9 Å². The van der Waals surface area contributed by atoms with E-state index in [0.717, 1.165) is 41.7 Å². The highest BCUT2D eigenvalue weighted by Crippen LogP contribution is 2.37. The molecule has 10 heteroatoms. The minimum Gasteiger partial charge on any atom is -0.482 e. The molecule has 4 aromatic rings. The fourth-order valence-corrected chi connectivity index (χ4v) is 4.18. The average molecular weight is 439 g/mol. The number of imidazole rings is 1. The molecule has 0 radical (unpaired) electrons. The molecule has 0 spiro atoms. The maximum atomic E-state index is 13.7. The van der Waals surface area contributed by atoms with Crippen molar-refractivity contribution >= 4 is 11.0 Å². The molecule has 0 saturated carbocycles. The highest BCUT2D eigenvalue weighted by molar-refractivity contribution is 5.87. The summed E-state index contributed by atoms with van der Waals surface area (Å²) < 4.78 is 36.2. The lowest BCUT2D eigenvalue weighted by Gasteiger charge is -2.17. The number of hydrogen-bond acceptors (Lipinski definition) is 6. The molecule has 4 heterocycles. The standard InChI is InChI=1S/C22H23F2N7O/c1-13-20(28-29-31(13)16-6-8-25-11-16)15-9-18-21(30(12-27-18)22(23)24)19(10-15)32-14(2)17-5-3-4-7-26-17/h3-5,7,9-10,12,14,16,22,25H,6,8,11H2,1-2H3/t14-,16?/m1/s1. The molecule has 0 aliphatic carbocycles. The van der Waals surface area contributed by atoms with Gasteiger partial charge < -0.3 is 10.1 Å². The summed E-state index contributed by atoms with van der Waals surface area (Å²) in [4.78, 5) is 8.52. The van der Waals surface area contributed by atoms with Gasteiger partial charge in [-0.1, -0.05) is 11.3 Å². The number of nitrogens with one attached hydrogen (secondary N) is 1. The van der Waals surface area contributed by atoms with Crippen LogP contribution in [0.5, 0.6) is 5.75 Å². The second kappa shape index (κ2) is 8.27. The van der Waals surface area contributed by atoms with Crippen LogP contribution in [0.3, 0.4) is 0 Å². The van der Waals surface area contributed by atoms with Gasteiger partial charge in [0.2, 0.25) is 0 Å². The highest BCUT2D eigenvalue weighted by atomic mass is 19.3.